The van der Waals surface area contributed by atoms with Crippen molar-refractivity contribution in [3.63, 3.8) is 0 Å². The van der Waals surface area contributed by atoms with E-state index in [1.54, 1.807) is 7.11 Å². The van der Waals surface area contributed by atoms with Crippen LogP contribution >= 0.6 is 0 Å². The van der Waals surface area contributed by atoms with Crippen LogP contribution in [0.1, 0.15) is 50.5 Å². The van der Waals surface area contributed by atoms with Gasteiger partial charge >= 0.3 is 0 Å². The molecular formula is C25H34N2O3. The number of carbonyl (C=O) groups is 2. The van der Waals surface area contributed by atoms with Crippen LogP contribution in [0.3, 0.4) is 0 Å². The molecule has 0 aromatic heterocycles. The minimum atomic E-state index is -0.0724. The predicted molar refractivity (Wildman–Crippen MR) is 115 cm³/mol. The lowest BCUT2D eigenvalue weighted by Crippen LogP contribution is -2.55. The van der Waals surface area contributed by atoms with Gasteiger partial charge < -0.3 is 14.5 Å². The van der Waals surface area contributed by atoms with Crippen molar-refractivity contribution in [3.8, 4) is 5.75 Å². The van der Waals surface area contributed by atoms with E-state index in [1.807, 2.05) is 29.2 Å². The highest BCUT2D eigenvalue weighted by Crippen LogP contribution is 2.60. The average molecular weight is 411 g/mol. The maximum atomic E-state index is 13.6. The van der Waals surface area contributed by atoms with Crippen molar-refractivity contribution < 1.29 is 14.3 Å². The zero-order valence-corrected chi connectivity index (χ0v) is 18.1. The summed E-state index contributed by atoms with van der Waals surface area (Å²) in [4.78, 5) is 30.6. The summed E-state index contributed by atoms with van der Waals surface area (Å²) in [5, 5.41) is 0. The molecule has 1 saturated heterocycles. The van der Waals surface area contributed by atoms with Crippen molar-refractivity contribution in [1.82, 2.24) is 9.80 Å². The van der Waals surface area contributed by atoms with E-state index >= 15 is 0 Å². The van der Waals surface area contributed by atoms with Gasteiger partial charge in [0.1, 0.15) is 5.75 Å². The van der Waals surface area contributed by atoms with Gasteiger partial charge in [0, 0.05) is 26.2 Å². The Balaban J connectivity index is 1.20. The molecule has 4 saturated carbocycles. The fourth-order valence-electron chi connectivity index (χ4n) is 7.11. The van der Waals surface area contributed by atoms with Crippen LogP contribution < -0.4 is 4.74 Å². The Morgan fingerprint density at radius 3 is 2.07 bits per heavy atom. The number of rotatable bonds is 4. The summed E-state index contributed by atoms with van der Waals surface area (Å²) in [6, 6.07) is 7.71. The summed E-state index contributed by atoms with van der Waals surface area (Å²) < 4.78 is 5.20. The summed E-state index contributed by atoms with van der Waals surface area (Å²) in [5.41, 5.74) is 0.934. The molecule has 4 aliphatic carbocycles. The second-order valence-corrected chi connectivity index (χ2v) is 10.2. The Labute approximate surface area is 179 Å². The van der Waals surface area contributed by atoms with Gasteiger partial charge in [-0.1, -0.05) is 12.1 Å². The van der Waals surface area contributed by atoms with Crippen molar-refractivity contribution in [2.24, 2.45) is 23.2 Å². The van der Waals surface area contributed by atoms with Crippen LogP contribution in [0.4, 0.5) is 0 Å². The van der Waals surface area contributed by atoms with Crippen LogP contribution in [-0.4, -0.2) is 54.9 Å². The Bertz CT molecular complexity index is 768. The van der Waals surface area contributed by atoms with Gasteiger partial charge in [0.25, 0.3) is 0 Å². The fraction of sp³-hybridized carbons (Fsp3) is 0.680. The molecule has 5 aliphatic rings. The number of amides is 2. The van der Waals surface area contributed by atoms with Gasteiger partial charge in [-0.2, -0.15) is 0 Å². The molecule has 1 aromatic rings. The minimum absolute atomic E-state index is 0.0724. The van der Waals surface area contributed by atoms with Crippen molar-refractivity contribution in [2.75, 3.05) is 33.3 Å². The van der Waals surface area contributed by atoms with Gasteiger partial charge in [-0.3, -0.25) is 9.59 Å². The van der Waals surface area contributed by atoms with Gasteiger partial charge in [-0.25, -0.2) is 0 Å². The van der Waals surface area contributed by atoms with E-state index in [1.165, 1.54) is 19.3 Å². The first-order valence-electron chi connectivity index (χ1n) is 11.7. The van der Waals surface area contributed by atoms with E-state index in [9.17, 15) is 9.59 Å². The quantitative estimate of drug-likeness (QED) is 0.763. The van der Waals surface area contributed by atoms with Crippen LogP contribution in [0.25, 0.3) is 0 Å². The molecule has 0 spiro atoms. The molecule has 6 rings (SSSR count). The van der Waals surface area contributed by atoms with Crippen LogP contribution in [0.15, 0.2) is 24.3 Å². The third-order valence-electron chi connectivity index (χ3n) is 8.14. The first-order chi connectivity index (χ1) is 14.5. The van der Waals surface area contributed by atoms with Gasteiger partial charge in [0.2, 0.25) is 11.8 Å². The van der Waals surface area contributed by atoms with Gasteiger partial charge in [-0.05, 0) is 80.4 Å². The summed E-state index contributed by atoms with van der Waals surface area (Å²) in [5.74, 6) is 3.73. The van der Waals surface area contributed by atoms with E-state index in [2.05, 4.69) is 4.90 Å². The number of nitrogens with zero attached hydrogens (tertiary/aromatic N) is 2. The molecule has 1 aliphatic heterocycles. The van der Waals surface area contributed by atoms with E-state index < -0.39 is 0 Å². The molecule has 1 heterocycles. The third-order valence-corrected chi connectivity index (χ3v) is 8.14. The van der Waals surface area contributed by atoms with Crippen molar-refractivity contribution in [1.29, 1.82) is 0 Å². The fourth-order valence-corrected chi connectivity index (χ4v) is 7.11. The molecule has 4 bridgehead atoms. The molecule has 5 fully saturated rings. The highest BCUT2D eigenvalue weighted by Gasteiger charge is 2.55. The maximum absolute atomic E-state index is 13.6. The normalized spacial score (nSPS) is 32.8. The van der Waals surface area contributed by atoms with Crippen LogP contribution in [0, 0.1) is 23.2 Å². The topological polar surface area (TPSA) is 49.9 Å². The highest BCUT2D eigenvalue weighted by molar-refractivity contribution is 5.84. The number of hydrogen-bond donors (Lipinski definition) is 0. The van der Waals surface area contributed by atoms with E-state index in [4.69, 9.17) is 4.74 Å². The average Bonchev–Trinajstić information content (AvgIpc) is 2.99. The number of methoxy groups -OCH3 is 1. The highest BCUT2D eigenvalue weighted by atomic mass is 16.5. The summed E-state index contributed by atoms with van der Waals surface area (Å²) in [6.07, 6.45) is 8.73. The van der Waals surface area contributed by atoms with Gasteiger partial charge in [0.15, 0.2) is 0 Å². The molecule has 2 amide bonds. The number of hydrogen-bond acceptors (Lipinski definition) is 3. The summed E-state index contributed by atoms with van der Waals surface area (Å²) >= 11 is 0. The Morgan fingerprint density at radius 1 is 0.900 bits per heavy atom. The number of carbonyl (C=O) groups excluding carboxylic acids is 2. The molecule has 162 valence electrons. The summed E-state index contributed by atoms with van der Waals surface area (Å²) in [6.45, 7) is 2.90. The first-order valence-corrected chi connectivity index (χ1v) is 11.7. The molecule has 0 atom stereocenters. The zero-order chi connectivity index (χ0) is 20.7. The van der Waals surface area contributed by atoms with Crippen LogP contribution in [0.2, 0.25) is 0 Å². The van der Waals surface area contributed by atoms with Gasteiger partial charge in [-0.15, -0.1) is 0 Å². The van der Waals surface area contributed by atoms with E-state index in [0.717, 1.165) is 67.8 Å². The molecule has 1 aromatic carbocycles. The maximum Gasteiger partial charge on any atom is 0.228 e. The first kappa shape index (κ1) is 19.9. The molecular weight excluding hydrogens is 376 g/mol. The van der Waals surface area contributed by atoms with Crippen LogP contribution in [-0.2, 0) is 16.0 Å². The lowest BCUT2D eigenvalue weighted by molar-refractivity contribution is -0.157. The lowest BCUT2D eigenvalue weighted by atomic mass is 9.49. The molecule has 5 nitrogen and oxygen atoms in total. The Kier molecular flexibility index (Phi) is 5.24. The molecule has 5 heteroatoms. The largest absolute Gasteiger partial charge is 0.497 e. The SMILES string of the molecule is COc1ccc(CC(=O)N2CCCN(C(=O)C34CC5CC(CC(C5)C3)C4)CC2)cc1. The third kappa shape index (κ3) is 3.72. The Hall–Kier alpha value is -2.04. The van der Waals surface area contributed by atoms with Crippen molar-refractivity contribution in [2.45, 2.75) is 51.4 Å². The second-order valence-electron chi connectivity index (χ2n) is 10.2. The molecule has 0 N–H and O–H groups in total. The predicted octanol–water partition coefficient (Wildman–Crippen LogP) is 3.52. The smallest absolute Gasteiger partial charge is 0.228 e. The van der Waals surface area contributed by atoms with E-state index in [0.29, 0.717) is 25.4 Å². The van der Waals surface area contributed by atoms with E-state index in [-0.39, 0.29) is 11.3 Å². The monoisotopic (exact) mass is 410 g/mol. The minimum Gasteiger partial charge on any atom is -0.497 e. The van der Waals surface area contributed by atoms with Crippen molar-refractivity contribution in [3.05, 3.63) is 29.8 Å². The molecule has 30 heavy (non-hydrogen) atoms. The summed E-state index contributed by atoms with van der Waals surface area (Å²) in [7, 11) is 1.65. The molecule has 0 unspecified atom stereocenters. The molecule has 0 radical (unpaired) electrons. The lowest BCUT2D eigenvalue weighted by Gasteiger charge is -2.56. The second kappa shape index (κ2) is 7.90. The standard InChI is InChI=1S/C25H34N2O3/c1-30-22-5-3-18(4-6-22)14-23(28)26-7-2-8-27(10-9-26)24(29)25-15-19-11-20(16-25)13-21(12-19)17-25/h3-6,19-21H,2,7-17H2,1H3. The van der Waals surface area contributed by atoms with Crippen LogP contribution in [0.5, 0.6) is 5.75 Å². The number of benzene rings is 1. The Morgan fingerprint density at radius 2 is 1.47 bits per heavy atom. The zero-order valence-electron chi connectivity index (χ0n) is 18.1. The van der Waals surface area contributed by atoms with Gasteiger partial charge in [0.05, 0.1) is 18.9 Å². The number of ether oxygens (including phenoxy) is 1. The van der Waals surface area contributed by atoms with Crippen molar-refractivity contribution >= 4 is 11.8 Å².